The van der Waals surface area contributed by atoms with Gasteiger partial charge in [-0.2, -0.15) is 0 Å². The summed E-state index contributed by atoms with van der Waals surface area (Å²) in [5, 5.41) is 10.1. The van der Waals surface area contributed by atoms with Crippen molar-refractivity contribution < 1.29 is 102 Å². The van der Waals surface area contributed by atoms with Crippen molar-refractivity contribution in [3.8, 4) is 34.5 Å². The van der Waals surface area contributed by atoms with Crippen LogP contribution in [0.5, 0.6) is 34.5 Å². The molecule has 12 heteroatoms. The second kappa shape index (κ2) is 12.9. The number of hydrogen-bond acceptors (Lipinski definition) is 9. The summed E-state index contributed by atoms with van der Waals surface area (Å²) in [5.41, 5.74) is 0.752. The molecule has 2 aromatic carbocycles. The van der Waals surface area contributed by atoms with Crippen LogP contribution in [0.15, 0.2) is 24.3 Å². The van der Waals surface area contributed by atoms with Gasteiger partial charge in [0.15, 0.2) is 23.0 Å². The molecule has 0 saturated carbocycles. The Kier molecular flexibility index (Phi) is 12.5. The van der Waals surface area contributed by atoms with E-state index in [0.717, 1.165) is 0 Å². The van der Waals surface area contributed by atoms with E-state index in [9.17, 15) is 19.5 Å². The molecule has 0 atom stereocenters. The van der Waals surface area contributed by atoms with Crippen LogP contribution in [0.3, 0.4) is 0 Å². The number of ether oxygens (including phenoxy) is 4. The Morgan fingerprint density at radius 1 is 0.833 bits per heavy atom. The Morgan fingerprint density at radius 3 is 1.80 bits per heavy atom. The third-order valence-corrected chi connectivity index (χ3v) is 4.10. The van der Waals surface area contributed by atoms with E-state index < -0.39 is 19.3 Å². The maximum absolute atomic E-state index is 11.0. The van der Waals surface area contributed by atoms with E-state index in [4.69, 9.17) is 18.9 Å². The zero-order valence-electron chi connectivity index (χ0n) is 17.6. The summed E-state index contributed by atoms with van der Waals surface area (Å²) in [7, 11) is 0.283. The zero-order valence-corrected chi connectivity index (χ0v) is 22.5. The van der Waals surface area contributed by atoms with Crippen LogP contribution < -0.4 is 92.4 Å². The fourth-order valence-corrected chi connectivity index (χ4v) is 2.87. The van der Waals surface area contributed by atoms with Crippen LogP contribution in [-0.2, 0) is 4.57 Å². The van der Waals surface area contributed by atoms with Crippen LogP contribution in [0.2, 0.25) is 0 Å². The van der Waals surface area contributed by atoms with Gasteiger partial charge in [-0.3, -0.25) is 0 Å². The van der Waals surface area contributed by atoms with E-state index in [0.29, 0.717) is 22.8 Å². The number of phosphoric acid groups is 1. The molecule has 0 saturated heterocycles. The second-order valence-electron chi connectivity index (χ2n) is 5.37. The van der Waals surface area contributed by atoms with Crippen molar-refractivity contribution in [2.45, 2.75) is 0 Å². The Morgan fingerprint density at radius 2 is 1.37 bits per heavy atom. The topological polar surface area (TPSA) is 130 Å². The molecule has 9 nitrogen and oxygen atoms in total. The first-order valence-electron chi connectivity index (χ1n) is 7.83. The van der Waals surface area contributed by atoms with Crippen molar-refractivity contribution in [3.63, 3.8) is 0 Å². The molecule has 0 fully saturated rings. The molecular formula is C18H19Na2O9P. The smallest absolute Gasteiger partial charge is 0.780 e. The molecule has 0 aliphatic heterocycles. The Bertz CT molecular complexity index is 903. The largest absolute Gasteiger partial charge is 1.00 e. The molecule has 0 aromatic heterocycles. The number of methoxy groups -OCH3 is 4. The van der Waals surface area contributed by atoms with Gasteiger partial charge in [0.25, 0.3) is 0 Å². The minimum absolute atomic E-state index is 0. The van der Waals surface area contributed by atoms with Crippen molar-refractivity contribution in [2.24, 2.45) is 0 Å². The van der Waals surface area contributed by atoms with Crippen molar-refractivity contribution >= 4 is 20.0 Å². The van der Waals surface area contributed by atoms with Crippen LogP contribution in [0.25, 0.3) is 12.2 Å². The van der Waals surface area contributed by atoms with Crippen molar-refractivity contribution in [2.75, 3.05) is 28.4 Å². The van der Waals surface area contributed by atoms with E-state index in [1.165, 1.54) is 46.6 Å². The van der Waals surface area contributed by atoms with Gasteiger partial charge in [0, 0.05) is 5.56 Å². The number of hydrogen-bond donors (Lipinski definition) is 1. The molecule has 30 heavy (non-hydrogen) atoms. The minimum atomic E-state index is -5.41. The van der Waals surface area contributed by atoms with Gasteiger partial charge < -0.3 is 42.9 Å². The Labute approximate surface area is 218 Å². The Balaban J connectivity index is 0.00000420. The molecule has 0 bridgehead atoms. The number of phenolic OH excluding ortho intramolecular Hbond substituents is 1. The van der Waals surface area contributed by atoms with Crippen molar-refractivity contribution in [3.05, 3.63) is 35.4 Å². The number of rotatable bonds is 8. The number of benzene rings is 2. The third kappa shape index (κ3) is 7.37. The summed E-state index contributed by atoms with van der Waals surface area (Å²) in [6.07, 6.45) is 3.03. The first kappa shape index (κ1) is 29.1. The molecule has 0 aliphatic carbocycles. The molecule has 2 aromatic rings. The zero-order chi connectivity index (χ0) is 20.9. The normalized spacial score (nSPS) is 10.6. The fourth-order valence-electron chi connectivity index (χ4n) is 2.46. The van der Waals surface area contributed by atoms with Crippen molar-refractivity contribution in [1.82, 2.24) is 0 Å². The minimum Gasteiger partial charge on any atom is -0.780 e. The maximum atomic E-state index is 11.0. The molecule has 0 amide bonds. The van der Waals surface area contributed by atoms with Crippen LogP contribution in [0, 0.1) is 0 Å². The van der Waals surface area contributed by atoms with Crippen LogP contribution in [-0.4, -0.2) is 33.5 Å². The van der Waals surface area contributed by atoms with E-state index in [-0.39, 0.29) is 70.4 Å². The van der Waals surface area contributed by atoms with Gasteiger partial charge in [0.05, 0.1) is 28.4 Å². The summed E-state index contributed by atoms with van der Waals surface area (Å²) < 4.78 is 36.2. The van der Waals surface area contributed by atoms with E-state index >= 15 is 0 Å². The maximum Gasteiger partial charge on any atom is 1.00 e. The van der Waals surface area contributed by atoms with Gasteiger partial charge in [-0.25, -0.2) is 0 Å². The number of phenols is 1. The summed E-state index contributed by atoms with van der Waals surface area (Å²) in [5.74, 6) is 0.0523. The molecule has 0 radical (unpaired) electrons. The molecule has 0 aliphatic rings. The van der Waals surface area contributed by atoms with E-state index in [2.05, 4.69) is 4.52 Å². The standard InChI is InChI=1S/C18H21O9P.2Na/c1-23-13-8-7-12(17(16(13)19)27-28(20,21)22)6-5-11-9-14(24-2)18(26-4)15(10-11)25-3;;/h5-10,19H,1-4H3,(H2,20,21,22);;/q;2*+1/p-2/b6-5+;;. The van der Waals surface area contributed by atoms with E-state index in [1.807, 2.05) is 0 Å². The summed E-state index contributed by atoms with van der Waals surface area (Å²) in [4.78, 5) is 22.1. The average molecular weight is 456 g/mol. The number of phosphoric ester groups is 1. The molecular weight excluding hydrogens is 437 g/mol. The predicted molar refractivity (Wildman–Crippen MR) is 97.9 cm³/mol. The third-order valence-electron chi connectivity index (χ3n) is 3.69. The predicted octanol–water partition coefficient (Wildman–Crippen LogP) is -4.19. The summed E-state index contributed by atoms with van der Waals surface area (Å²) in [6, 6.07) is 6.15. The van der Waals surface area contributed by atoms with Gasteiger partial charge >= 0.3 is 59.1 Å². The van der Waals surface area contributed by atoms with Gasteiger partial charge in [-0.05, 0) is 29.8 Å². The molecule has 0 unspecified atom stereocenters. The summed E-state index contributed by atoms with van der Waals surface area (Å²) in [6.45, 7) is 0. The molecule has 2 rings (SSSR count). The first-order valence-corrected chi connectivity index (χ1v) is 9.29. The molecule has 152 valence electrons. The summed E-state index contributed by atoms with van der Waals surface area (Å²) >= 11 is 0. The van der Waals surface area contributed by atoms with Crippen molar-refractivity contribution in [1.29, 1.82) is 0 Å². The quantitative estimate of drug-likeness (QED) is 0.239. The molecule has 0 heterocycles. The van der Waals surface area contributed by atoms with Crippen LogP contribution in [0.4, 0.5) is 0 Å². The van der Waals surface area contributed by atoms with Gasteiger partial charge in [-0.1, -0.05) is 12.2 Å². The van der Waals surface area contributed by atoms with Crippen LogP contribution in [0.1, 0.15) is 11.1 Å². The average Bonchev–Trinajstić information content (AvgIpc) is 2.66. The Hall–Kier alpha value is -0.870. The monoisotopic (exact) mass is 456 g/mol. The second-order valence-corrected chi connectivity index (χ2v) is 6.44. The van der Waals surface area contributed by atoms with Gasteiger partial charge in [0.1, 0.15) is 7.82 Å². The van der Waals surface area contributed by atoms with Gasteiger partial charge in [0.2, 0.25) is 11.5 Å². The fraction of sp³-hybridized carbons (Fsp3) is 0.222. The molecule has 0 spiro atoms. The van der Waals surface area contributed by atoms with Crippen LogP contribution >= 0.6 is 7.82 Å². The van der Waals surface area contributed by atoms with E-state index in [1.54, 1.807) is 18.2 Å². The molecule has 1 N–H and O–H groups in total. The van der Waals surface area contributed by atoms with Gasteiger partial charge in [-0.15, -0.1) is 0 Å². The first-order chi connectivity index (χ1) is 13.2. The SMILES string of the molecule is COc1ccc(/C=C/c2cc(OC)c(OC)c(OC)c2)c(OP(=O)([O-])[O-])c1O.[Na+].[Na+]. The number of aromatic hydroxyl groups is 1.